The van der Waals surface area contributed by atoms with Crippen LogP contribution in [-0.2, 0) is 16.0 Å². The molecular weight excluding hydrogens is 425 g/mol. The second kappa shape index (κ2) is 9.15. The maximum atomic E-state index is 13.3. The summed E-state index contributed by atoms with van der Waals surface area (Å²) in [5.41, 5.74) is 4.95. The molecule has 7 nitrogen and oxygen atoms in total. The fourth-order valence-electron chi connectivity index (χ4n) is 4.91. The number of hydrogen-bond acceptors (Lipinski definition) is 5. The van der Waals surface area contributed by atoms with Crippen molar-refractivity contribution < 1.29 is 24.2 Å². The van der Waals surface area contributed by atoms with Crippen molar-refractivity contribution in [2.75, 3.05) is 26.7 Å². The van der Waals surface area contributed by atoms with E-state index in [9.17, 15) is 24.2 Å². The van der Waals surface area contributed by atoms with Crippen LogP contribution in [0.1, 0.15) is 18.1 Å². The average Bonchev–Trinajstić information content (AvgIpc) is 3.22. The third-order valence-corrected chi connectivity index (χ3v) is 6.53. The molecule has 1 saturated heterocycles. The Bertz CT molecular complexity index is 1140. The number of pyridine rings is 1. The SMILES string of the molecule is CC(C1=CCc2c1cccc2-c1ccc(F)nc1)C1CN(C)CCN1/C(=C\C(=O)O)C(=O)O. The summed E-state index contributed by atoms with van der Waals surface area (Å²) in [6, 6.07) is 8.85. The van der Waals surface area contributed by atoms with Gasteiger partial charge in [0.2, 0.25) is 5.95 Å². The van der Waals surface area contributed by atoms with Gasteiger partial charge in [-0.1, -0.05) is 31.2 Å². The molecule has 33 heavy (non-hydrogen) atoms. The molecular formula is C25H26FN3O4. The van der Waals surface area contributed by atoms with E-state index in [4.69, 9.17) is 0 Å². The maximum absolute atomic E-state index is 13.3. The van der Waals surface area contributed by atoms with Gasteiger partial charge in [-0.15, -0.1) is 0 Å². The van der Waals surface area contributed by atoms with Crippen LogP contribution in [0.15, 0.2) is 54.4 Å². The second-order valence-corrected chi connectivity index (χ2v) is 8.55. The minimum absolute atomic E-state index is 0.0489. The molecule has 1 aromatic heterocycles. The highest BCUT2D eigenvalue weighted by molar-refractivity contribution is 5.94. The molecule has 2 unspecified atom stereocenters. The summed E-state index contributed by atoms with van der Waals surface area (Å²) < 4.78 is 13.3. The molecule has 1 fully saturated rings. The van der Waals surface area contributed by atoms with Gasteiger partial charge in [0.1, 0.15) is 5.70 Å². The summed E-state index contributed by atoms with van der Waals surface area (Å²) in [6.07, 6.45) is 5.18. The summed E-state index contributed by atoms with van der Waals surface area (Å²) in [5, 5.41) is 18.9. The van der Waals surface area contributed by atoms with E-state index in [1.807, 2.05) is 25.2 Å². The predicted molar refractivity (Wildman–Crippen MR) is 122 cm³/mol. The number of hydrogen-bond donors (Lipinski definition) is 2. The third-order valence-electron chi connectivity index (χ3n) is 6.53. The molecule has 2 aliphatic rings. The van der Waals surface area contributed by atoms with E-state index in [1.165, 1.54) is 12.3 Å². The molecule has 0 radical (unpaired) electrons. The minimum atomic E-state index is -1.28. The van der Waals surface area contributed by atoms with Crippen molar-refractivity contribution in [2.45, 2.75) is 19.4 Å². The lowest BCUT2D eigenvalue weighted by molar-refractivity contribution is -0.137. The van der Waals surface area contributed by atoms with E-state index in [0.717, 1.165) is 33.9 Å². The predicted octanol–water partition coefficient (Wildman–Crippen LogP) is 3.13. The second-order valence-electron chi connectivity index (χ2n) is 8.55. The number of carboxylic acids is 2. The highest BCUT2D eigenvalue weighted by Gasteiger charge is 2.36. The Labute approximate surface area is 191 Å². The van der Waals surface area contributed by atoms with Crippen LogP contribution < -0.4 is 0 Å². The Kier molecular flexibility index (Phi) is 6.29. The molecule has 2 N–H and O–H groups in total. The zero-order chi connectivity index (χ0) is 23.7. The van der Waals surface area contributed by atoms with Gasteiger partial charge < -0.3 is 20.0 Å². The Morgan fingerprint density at radius 3 is 2.61 bits per heavy atom. The molecule has 0 saturated carbocycles. The summed E-state index contributed by atoms with van der Waals surface area (Å²) >= 11 is 0. The van der Waals surface area contributed by atoms with Crippen molar-refractivity contribution in [1.82, 2.24) is 14.8 Å². The first-order chi connectivity index (χ1) is 15.8. The van der Waals surface area contributed by atoms with Gasteiger partial charge in [0, 0.05) is 43.4 Å². The normalized spacial score (nSPS) is 19.7. The molecule has 0 spiro atoms. The van der Waals surface area contributed by atoms with E-state index in [-0.39, 0.29) is 17.7 Å². The Morgan fingerprint density at radius 1 is 1.18 bits per heavy atom. The van der Waals surface area contributed by atoms with Gasteiger partial charge in [0.05, 0.1) is 6.08 Å². The van der Waals surface area contributed by atoms with E-state index < -0.39 is 17.9 Å². The van der Waals surface area contributed by atoms with Gasteiger partial charge in [-0.05, 0) is 47.9 Å². The highest BCUT2D eigenvalue weighted by atomic mass is 19.1. The smallest absolute Gasteiger partial charge is 0.352 e. The monoisotopic (exact) mass is 451 g/mol. The number of halogens is 1. The zero-order valence-corrected chi connectivity index (χ0v) is 18.5. The molecule has 0 amide bonds. The number of aromatic nitrogens is 1. The van der Waals surface area contributed by atoms with Crippen LogP contribution in [0.25, 0.3) is 16.7 Å². The first-order valence-electron chi connectivity index (χ1n) is 10.8. The van der Waals surface area contributed by atoms with Gasteiger partial charge in [-0.25, -0.2) is 14.6 Å². The number of allylic oxidation sites excluding steroid dienone is 1. The number of carboxylic acid groups (broad SMARTS) is 2. The van der Waals surface area contributed by atoms with Gasteiger partial charge >= 0.3 is 11.9 Å². The lowest BCUT2D eigenvalue weighted by Gasteiger charge is -2.44. The first-order valence-corrected chi connectivity index (χ1v) is 10.8. The lowest BCUT2D eigenvalue weighted by atomic mass is 9.85. The topological polar surface area (TPSA) is 94.0 Å². The number of nitrogens with zero attached hydrogens (tertiary/aromatic N) is 3. The van der Waals surface area contributed by atoms with Gasteiger partial charge in [0.15, 0.2) is 0 Å². The summed E-state index contributed by atoms with van der Waals surface area (Å²) in [6.45, 7) is 3.74. The van der Waals surface area contributed by atoms with Crippen LogP contribution in [0.5, 0.6) is 0 Å². The highest BCUT2D eigenvalue weighted by Crippen LogP contribution is 2.41. The van der Waals surface area contributed by atoms with Crippen molar-refractivity contribution in [1.29, 1.82) is 0 Å². The molecule has 0 bridgehead atoms. The van der Waals surface area contributed by atoms with Crippen LogP contribution >= 0.6 is 0 Å². The summed E-state index contributed by atoms with van der Waals surface area (Å²) in [5.74, 6) is -3.09. The van der Waals surface area contributed by atoms with Crippen molar-refractivity contribution in [3.05, 3.63) is 71.5 Å². The largest absolute Gasteiger partial charge is 0.478 e. The standard InChI is InChI=1S/C25H26FN3O4/c1-15(22-14-28(2)10-11-29(22)21(25(32)33)12-24(30)31)17-7-8-20-18(4-3-5-19(17)20)16-6-9-23(26)27-13-16/h3-7,9,12-13,15,22H,8,10-11,14H2,1-2H3,(H,30,31)(H,32,33)/b21-12-. The molecule has 172 valence electrons. The Hall–Kier alpha value is -3.52. The van der Waals surface area contributed by atoms with Crippen LogP contribution in [0.4, 0.5) is 4.39 Å². The zero-order valence-electron chi connectivity index (χ0n) is 18.5. The number of piperazine rings is 1. The number of benzene rings is 1. The molecule has 1 aliphatic carbocycles. The van der Waals surface area contributed by atoms with E-state index in [2.05, 4.69) is 22.9 Å². The fourth-order valence-corrected chi connectivity index (χ4v) is 4.91. The number of fused-ring (bicyclic) bond motifs is 1. The average molecular weight is 451 g/mol. The van der Waals surface area contributed by atoms with E-state index in [1.54, 1.807) is 11.0 Å². The minimum Gasteiger partial charge on any atom is -0.478 e. The molecule has 1 aromatic carbocycles. The van der Waals surface area contributed by atoms with Gasteiger partial charge in [-0.3, -0.25) is 0 Å². The van der Waals surface area contributed by atoms with E-state index >= 15 is 0 Å². The lowest BCUT2D eigenvalue weighted by Crippen LogP contribution is -2.55. The van der Waals surface area contributed by atoms with Crippen molar-refractivity contribution in [3.63, 3.8) is 0 Å². The number of rotatable bonds is 6. The molecule has 2 aromatic rings. The van der Waals surface area contributed by atoms with Gasteiger partial charge in [0.25, 0.3) is 0 Å². The first kappa shape index (κ1) is 22.7. The summed E-state index contributed by atoms with van der Waals surface area (Å²) in [7, 11) is 1.98. The van der Waals surface area contributed by atoms with E-state index in [0.29, 0.717) is 26.1 Å². The molecule has 2 heterocycles. The number of aliphatic carboxylic acids is 2. The van der Waals surface area contributed by atoms with Crippen LogP contribution in [-0.4, -0.2) is 69.7 Å². The molecule has 4 rings (SSSR count). The van der Waals surface area contributed by atoms with Crippen LogP contribution in [0.3, 0.4) is 0 Å². The molecule has 2 atom stereocenters. The summed E-state index contributed by atoms with van der Waals surface area (Å²) in [4.78, 5) is 30.8. The Balaban J connectivity index is 1.69. The van der Waals surface area contributed by atoms with Gasteiger partial charge in [-0.2, -0.15) is 4.39 Å². The van der Waals surface area contributed by atoms with Crippen LogP contribution in [0.2, 0.25) is 0 Å². The van der Waals surface area contributed by atoms with Crippen molar-refractivity contribution in [2.24, 2.45) is 5.92 Å². The van der Waals surface area contributed by atoms with Crippen LogP contribution in [0, 0.1) is 11.9 Å². The number of likely N-dealkylation sites (N-methyl/N-ethyl adjacent to an activating group) is 1. The Morgan fingerprint density at radius 2 is 1.94 bits per heavy atom. The maximum Gasteiger partial charge on any atom is 0.352 e. The number of carbonyl (C=O) groups is 2. The molecule has 1 aliphatic heterocycles. The fraction of sp³-hybridized carbons (Fsp3) is 0.320. The molecule has 8 heteroatoms. The third kappa shape index (κ3) is 4.52. The van der Waals surface area contributed by atoms with Crippen molar-refractivity contribution >= 4 is 17.5 Å². The quantitative estimate of drug-likeness (QED) is 0.515. The van der Waals surface area contributed by atoms with Crippen molar-refractivity contribution in [3.8, 4) is 11.1 Å².